The van der Waals surface area contributed by atoms with Gasteiger partial charge in [-0.1, -0.05) is 37.1 Å². The molecule has 1 unspecified atom stereocenters. The summed E-state index contributed by atoms with van der Waals surface area (Å²) in [6.07, 6.45) is 2.14. The molecule has 1 atom stereocenters. The van der Waals surface area contributed by atoms with Crippen LogP contribution < -0.4 is 5.73 Å². The number of hydrogen-bond acceptors (Lipinski definition) is 1. The maximum atomic E-state index is 5.98. The summed E-state index contributed by atoms with van der Waals surface area (Å²) in [6, 6.07) is 6.15. The normalized spacial score (nSPS) is 12.9. The van der Waals surface area contributed by atoms with Crippen LogP contribution in [0, 0.1) is 6.92 Å². The minimum Gasteiger partial charge on any atom is -0.324 e. The molecule has 72 valence electrons. The minimum atomic E-state index is 0.154. The molecule has 0 saturated carbocycles. The summed E-state index contributed by atoms with van der Waals surface area (Å²) in [7, 11) is 0. The first kappa shape index (κ1) is 10.6. The molecule has 0 heterocycles. The van der Waals surface area contributed by atoms with Gasteiger partial charge in [-0.05, 0) is 30.5 Å². The lowest BCUT2D eigenvalue weighted by molar-refractivity contribution is 0.638. The average Bonchev–Trinajstić information content (AvgIpc) is 2.10. The molecule has 13 heavy (non-hydrogen) atoms. The maximum Gasteiger partial charge on any atom is 0.0435 e. The van der Waals surface area contributed by atoms with Gasteiger partial charge in [0.15, 0.2) is 0 Å². The van der Waals surface area contributed by atoms with E-state index in [1.807, 2.05) is 19.1 Å². The first-order valence-electron chi connectivity index (χ1n) is 4.66. The van der Waals surface area contributed by atoms with Gasteiger partial charge in [0, 0.05) is 11.1 Å². The van der Waals surface area contributed by atoms with Crippen LogP contribution in [0.5, 0.6) is 0 Å². The van der Waals surface area contributed by atoms with Gasteiger partial charge in [-0.15, -0.1) is 0 Å². The molecule has 1 aromatic rings. The highest BCUT2D eigenvalue weighted by Gasteiger charge is 2.05. The molecule has 2 N–H and O–H groups in total. The first-order valence-corrected chi connectivity index (χ1v) is 5.04. The molecule has 0 spiro atoms. The largest absolute Gasteiger partial charge is 0.324 e. The predicted molar refractivity (Wildman–Crippen MR) is 58.0 cm³/mol. The second-order valence-corrected chi connectivity index (χ2v) is 3.81. The van der Waals surface area contributed by atoms with Crippen molar-refractivity contribution in [1.29, 1.82) is 0 Å². The molecule has 0 aromatic heterocycles. The van der Waals surface area contributed by atoms with Crippen molar-refractivity contribution in [3.8, 4) is 0 Å². The maximum absolute atomic E-state index is 5.98. The van der Waals surface area contributed by atoms with E-state index in [9.17, 15) is 0 Å². The Labute approximate surface area is 84.9 Å². The molecule has 0 bridgehead atoms. The Morgan fingerprint density at radius 1 is 1.46 bits per heavy atom. The second kappa shape index (κ2) is 4.64. The van der Waals surface area contributed by atoms with Gasteiger partial charge in [-0.2, -0.15) is 0 Å². The summed E-state index contributed by atoms with van der Waals surface area (Å²) in [5.41, 5.74) is 8.27. The van der Waals surface area contributed by atoms with Crippen molar-refractivity contribution in [2.75, 3.05) is 0 Å². The third-order valence-electron chi connectivity index (χ3n) is 2.21. The lowest BCUT2D eigenvalue weighted by Gasteiger charge is -2.11. The van der Waals surface area contributed by atoms with E-state index < -0.39 is 0 Å². The van der Waals surface area contributed by atoms with E-state index in [0.29, 0.717) is 0 Å². The smallest absolute Gasteiger partial charge is 0.0435 e. The Hall–Kier alpha value is -0.530. The van der Waals surface area contributed by atoms with Crippen molar-refractivity contribution in [1.82, 2.24) is 0 Å². The molecule has 1 nitrogen and oxygen atoms in total. The fourth-order valence-electron chi connectivity index (χ4n) is 1.38. The van der Waals surface area contributed by atoms with E-state index in [1.54, 1.807) is 0 Å². The van der Waals surface area contributed by atoms with Crippen molar-refractivity contribution in [2.45, 2.75) is 32.7 Å². The molecule has 0 saturated heterocycles. The van der Waals surface area contributed by atoms with Crippen LogP contribution in [0.1, 0.15) is 36.9 Å². The van der Waals surface area contributed by atoms with Gasteiger partial charge in [0.1, 0.15) is 0 Å². The number of halogens is 1. The van der Waals surface area contributed by atoms with Gasteiger partial charge in [0.25, 0.3) is 0 Å². The SMILES string of the molecule is CCCC(N)c1ccc(Cl)c(C)c1. The van der Waals surface area contributed by atoms with Crippen LogP contribution in [-0.2, 0) is 0 Å². The quantitative estimate of drug-likeness (QED) is 0.790. The highest BCUT2D eigenvalue weighted by molar-refractivity contribution is 6.31. The zero-order valence-corrected chi connectivity index (χ0v) is 8.93. The van der Waals surface area contributed by atoms with E-state index >= 15 is 0 Å². The predicted octanol–water partition coefficient (Wildman–Crippen LogP) is 3.45. The first-order chi connectivity index (χ1) is 6.15. The summed E-state index contributed by atoms with van der Waals surface area (Å²) in [5, 5.41) is 0.812. The van der Waals surface area contributed by atoms with Gasteiger partial charge in [0.2, 0.25) is 0 Å². The highest BCUT2D eigenvalue weighted by Crippen LogP contribution is 2.21. The molecule has 2 heteroatoms. The molecule has 0 fully saturated rings. The van der Waals surface area contributed by atoms with Crippen LogP contribution in [0.3, 0.4) is 0 Å². The fraction of sp³-hybridized carbons (Fsp3) is 0.455. The van der Waals surface area contributed by atoms with Crippen molar-refractivity contribution in [2.24, 2.45) is 5.73 Å². The van der Waals surface area contributed by atoms with Gasteiger partial charge < -0.3 is 5.73 Å². The Bertz CT molecular complexity index is 283. The van der Waals surface area contributed by atoms with Crippen molar-refractivity contribution >= 4 is 11.6 Å². The molecule has 0 amide bonds. The molecule has 1 aromatic carbocycles. The van der Waals surface area contributed by atoms with Gasteiger partial charge in [-0.25, -0.2) is 0 Å². The summed E-state index contributed by atoms with van der Waals surface area (Å²) in [5.74, 6) is 0. The monoisotopic (exact) mass is 197 g/mol. The Morgan fingerprint density at radius 3 is 2.69 bits per heavy atom. The summed E-state index contributed by atoms with van der Waals surface area (Å²) in [4.78, 5) is 0. The minimum absolute atomic E-state index is 0.154. The van der Waals surface area contributed by atoms with Crippen LogP contribution >= 0.6 is 11.6 Å². The van der Waals surface area contributed by atoms with Gasteiger partial charge >= 0.3 is 0 Å². The van der Waals surface area contributed by atoms with E-state index in [0.717, 1.165) is 23.4 Å². The average molecular weight is 198 g/mol. The molecule has 0 aliphatic carbocycles. The molecule has 0 aliphatic rings. The number of aryl methyl sites for hydroxylation is 1. The van der Waals surface area contributed by atoms with E-state index in [2.05, 4.69) is 13.0 Å². The number of nitrogens with two attached hydrogens (primary N) is 1. The van der Waals surface area contributed by atoms with E-state index in [-0.39, 0.29) is 6.04 Å². The van der Waals surface area contributed by atoms with Crippen molar-refractivity contribution in [3.63, 3.8) is 0 Å². The van der Waals surface area contributed by atoms with Crippen molar-refractivity contribution in [3.05, 3.63) is 34.3 Å². The summed E-state index contributed by atoms with van der Waals surface area (Å²) < 4.78 is 0. The number of hydrogen-bond donors (Lipinski definition) is 1. The molecular weight excluding hydrogens is 182 g/mol. The number of benzene rings is 1. The van der Waals surface area contributed by atoms with Gasteiger partial charge in [0.05, 0.1) is 0 Å². The number of rotatable bonds is 3. The fourth-order valence-corrected chi connectivity index (χ4v) is 1.49. The second-order valence-electron chi connectivity index (χ2n) is 3.40. The lowest BCUT2D eigenvalue weighted by atomic mass is 10.0. The lowest BCUT2D eigenvalue weighted by Crippen LogP contribution is -2.09. The zero-order chi connectivity index (χ0) is 9.84. The Kier molecular flexibility index (Phi) is 3.76. The van der Waals surface area contributed by atoms with Crippen LogP contribution in [0.4, 0.5) is 0 Å². The third-order valence-corrected chi connectivity index (χ3v) is 2.63. The van der Waals surface area contributed by atoms with E-state index in [4.69, 9.17) is 17.3 Å². The topological polar surface area (TPSA) is 26.0 Å². The highest BCUT2D eigenvalue weighted by atomic mass is 35.5. The summed E-state index contributed by atoms with van der Waals surface area (Å²) >= 11 is 5.92. The van der Waals surface area contributed by atoms with Crippen molar-refractivity contribution < 1.29 is 0 Å². The molecule has 0 radical (unpaired) electrons. The molecule has 1 rings (SSSR count). The Morgan fingerprint density at radius 2 is 2.15 bits per heavy atom. The standard InChI is InChI=1S/C11H16ClN/c1-3-4-11(13)9-5-6-10(12)8(2)7-9/h5-7,11H,3-4,13H2,1-2H3. The third kappa shape index (κ3) is 2.71. The van der Waals surface area contributed by atoms with Crippen LogP contribution in [0.15, 0.2) is 18.2 Å². The molecule has 0 aliphatic heterocycles. The van der Waals surface area contributed by atoms with E-state index in [1.165, 1.54) is 5.56 Å². The van der Waals surface area contributed by atoms with Gasteiger partial charge in [-0.3, -0.25) is 0 Å². The zero-order valence-electron chi connectivity index (χ0n) is 8.18. The molecular formula is C11H16ClN. The Balaban J connectivity index is 2.84. The van der Waals surface area contributed by atoms with Crippen LogP contribution in [0.25, 0.3) is 0 Å². The summed E-state index contributed by atoms with van der Waals surface area (Å²) in [6.45, 7) is 4.15. The van der Waals surface area contributed by atoms with Crippen LogP contribution in [0.2, 0.25) is 5.02 Å². The van der Waals surface area contributed by atoms with Crippen LogP contribution in [-0.4, -0.2) is 0 Å².